The van der Waals surface area contributed by atoms with Gasteiger partial charge in [-0.05, 0) is 23.8 Å². The zero-order valence-electron chi connectivity index (χ0n) is 14.9. The molecule has 0 aliphatic carbocycles. The van der Waals surface area contributed by atoms with Crippen LogP contribution in [0.25, 0.3) is 6.08 Å². The third kappa shape index (κ3) is 4.10. The Morgan fingerprint density at radius 3 is 2.72 bits per heavy atom. The van der Waals surface area contributed by atoms with E-state index in [4.69, 9.17) is 0 Å². The molecule has 0 fully saturated rings. The SMILES string of the molecule is O=C(Cc1csc2[n+]1C(=O)/C(=C\c1cccc([N+](=O)[O-])c1)S2)Nc1ccccc1. The van der Waals surface area contributed by atoms with E-state index in [1.54, 1.807) is 35.7 Å². The first-order valence-electron chi connectivity index (χ1n) is 8.57. The van der Waals surface area contributed by atoms with Crippen molar-refractivity contribution in [1.82, 2.24) is 0 Å². The maximum absolute atomic E-state index is 12.9. The molecular weight excluding hydrogens is 410 g/mol. The molecule has 3 aromatic rings. The lowest BCUT2D eigenvalue weighted by Crippen LogP contribution is -2.43. The highest BCUT2D eigenvalue weighted by atomic mass is 32.2. The summed E-state index contributed by atoms with van der Waals surface area (Å²) in [5, 5.41) is 15.6. The number of aromatic nitrogens is 1. The van der Waals surface area contributed by atoms with Crippen molar-refractivity contribution in [2.24, 2.45) is 0 Å². The fourth-order valence-electron chi connectivity index (χ4n) is 2.85. The monoisotopic (exact) mass is 424 g/mol. The molecule has 2 heterocycles. The van der Waals surface area contributed by atoms with Crippen LogP contribution in [0.15, 0.2) is 69.2 Å². The van der Waals surface area contributed by atoms with Crippen LogP contribution in [0.4, 0.5) is 11.4 Å². The Hall–Kier alpha value is -3.30. The van der Waals surface area contributed by atoms with Gasteiger partial charge in [0.25, 0.3) is 5.69 Å². The average molecular weight is 424 g/mol. The van der Waals surface area contributed by atoms with Gasteiger partial charge in [0.1, 0.15) is 11.3 Å². The number of nitrogens with zero attached hydrogens (tertiary/aromatic N) is 2. The first-order valence-corrected chi connectivity index (χ1v) is 10.3. The number of anilines is 1. The number of hydrogen-bond donors (Lipinski definition) is 1. The molecule has 1 N–H and O–H groups in total. The van der Waals surface area contributed by atoms with E-state index < -0.39 is 4.92 Å². The molecule has 0 saturated heterocycles. The largest absolute Gasteiger partial charge is 0.433 e. The molecule has 1 amide bonds. The van der Waals surface area contributed by atoms with Crippen molar-refractivity contribution in [2.45, 2.75) is 10.8 Å². The quantitative estimate of drug-likeness (QED) is 0.290. The van der Waals surface area contributed by atoms with E-state index in [-0.39, 0.29) is 23.9 Å². The number of carbonyl (C=O) groups excluding carboxylic acids is 2. The number of nitrogens with one attached hydrogen (secondary N) is 1. The number of nitro benzene ring substituents is 1. The number of allylic oxidation sites excluding steroid dienone is 1. The lowest BCUT2D eigenvalue weighted by Gasteiger charge is -2.02. The standard InChI is InChI=1S/C20H13N3O4S2/c24-18(21-14-6-2-1-3-7-14)11-16-12-28-20-22(16)19(25)17(29-20)10-13-5-4-8-15(9-13)23(26)27/h1-10,12H,11H2/p+1/b17-10+. The van der Waals surface area contributed by atoms with E-state index in [0.717, 1.165) is 4.34 Å². The maximum Gasteiger partial charge on any atom is 0.433 e. The second-order valence-corrected chi connectivity index (χ2v) is 8.33. The summed E-state index contributed by atoms with van der Waals surface area (Å²) in [5.41, 5.74) is 1.85. The molecular formula is C20H14N3O4S2+. The highest BCUT2D eigenvalue weighted by Crippen LogP contribution is 2.36. The fourth-order valence-corrected chi connectivity index (χ4v) is 5.05. The summed E-state index contributed by atoms with van der Waals surface area (Å²) in [6.07, 6.45) is 1.70. The van der Waals surface area contributed by atoms with Gasteiger partial charge in [0.2, 0.25) is 11.6 Å². The van der Waals surface area contributed by atoms with E-state index >= 15 is 0 Å². The second kappa shape index (κ2) is 7.98. The Kier molecular flexibility index (Phi) is 5.24. The van der Waals surface area contributed by atoms with Crippen molar-refractivity contribution in [3.63, 3.8) is 0 Å². The lowest BCUT2D eigenvalue weighted by molar-refractivity contribution is -0.607. The Morgan fingerprint density at radius 2 is 1.97 bits per heavy atom. The number of amides is 1. The molecule has 0 bridgehead atoms. The molecule has 2 aromatic carbocycles. The minimum atomic E-state index is -0.472. The number of carbonyl (C=O) groups is 2. The van der Waals surface area contributed by atoms with Crippen LogP contribution in [-0.2, 0) is 11.2 Å². The van der Waals surface area contributed by atoms with Gasteiger partial charge in [-0.3, -0.25) is 14.9 Å². The van der Waals surface area contributed by atoms with Crippen LogP contribution < -0.4 is 9.88 Å². The third-order valence-electron chi connectivity index (χ3n) is 4.15. The summed E-state index contributed by atoms with van der Waals surface area (Å²) >= 11 is 2.69. The highest BCUT2D eigenvalue weighted by Gasteiger charge is 2.40. The molecule has 29 heavy (non-hydrogen) atoms. The summed E-state index contributed by atoms with van der Waals surface area (Å²) in [7, 11) is 0. The Balaban J connectivity index is 1.53. The van der Waals surface area contributed by atoms with E-state index in [0.29, 0.717) is 21.8 Å². The normalized spacial score (nSPS) is 14.1. The Bertz CT molecular complexity index is 1160. The fraction of sp³-hybridized carbons (Fsp3) is 0.0500. The van der Waals surface area contributed by atoms with Gasteiger partial charge < -0.3 is 5.32 Å². The molecule has 1 aliphatic heterocycles. The predicted molar refractivity (Wildman–Crippen MR) is 111 cm³/mol. The number of fused-ring (bicyclic) bond motifs is 1. The van der Waals surface area contributed by atoms with Crippen LogP contribution in [0.1, 0.15) is 16.1 Å². The summed E-state index contributed by atoms with van der Waals surface area (Å²) < 4.78 is 2.29. The average Bonchev–Trinajstić information content (AvgIpc) is 3.23. The van der Waals surface area contributed by atoms with Crippen molar-refractivity contribution < 1.29 is 19.1 Å². The molecule has 9 heteroatoms. The van der Waals surface area contributed by atoms with Gasteiger partial charge in [0.15, 0.2) is 0 Å². The summed E-state index contributed by atoms with van der Waals surface area (Å²) in [4.78, 5) is 36.1. The van der Waals surface area contributed by atoms with Gasteiger partial charge in [0, 0.05) is 29.6 Å². The van der Waals surface area contributed by atoms with Crippen LogP contribution in [0.3, 0.4) is 0 Å². The number of nitro groups is 1. The smallest absolute Gasteiger partial charge is 0.326 e. The molecule has 144 valence electrons. The number of non-ortho nitro benzene ring substituents is 1. The van der Waals surface area contributed by atoms with Gasteiger partial charge in [-0.15, -0.1) is 4.57 Å². The van der Waals surface area contributed by atoms with E-state index in [9.17, 15) is 19.7 Å². The number of thiazole rings is 1. The molecule has 4 rings (SSSR count). The molecule has 7 nitrogen and oxygen atoms in total. The molecule has 1 aromatic heterocycles. The summed E-state index contributed by atoms with van der Waals surface area (Å²) in [6, 6.07) is 15.2. The minimum Gasteiger partial charge on any atom is -0.326 e. The lowest BCUT2D eigenvalue weighted by atomic mass is 10.2. The van der Waals surface area contributed by atoms with E-state index in [1.807, 2.05) is 18.2 Å². The van der Waals surface area contributed by atoms with Crippen LogP contribution in [0, 0.1) is 10.1 Å². The van der Waals surface area contributed by atoms with Gasteiger partial charge >= 0.3 is 10.2 Å². The number of benzene rings is 2. The van der Waals surface area contributed by atoms with Crippen LogP contribution in [0.2, 0.25) is 0 Å². The second-order valence-electron chi connectivity index (χ2n) is 6.19. The van der Waals surface area contributed by atoms with Gasteiger partial charge in [-0.1, -0.05) is 41.7 Å². The van der Waals surface area contributed by atoms with Crippen molar-refractivity contribution >= 4 is 52.4 Å². The maximum atomic E-state index is 12.9. The van der Waals surface area contributed by atoms with Crippen LogP contribution in [-0.4, -0.2) is 16.7 Å². The first kappa shape index (κ1) is 19.0. The molecule has 1 aliphatic rings. The van der Waals surface area contributed by atoms with Crippen molar-refractivity contribution in [2.75, 3.05) is 5.32 Å². The molecule has 0 saturated carbocycles. The Labute approximate surface area is 173 Å². The summed E-state index contributed by atoms with van der Waals surface area (Å²) in [6.45, 7) is 0. The summed E-state index contributed by atoms with van der Waals surface area (Å²) in [5.74, 6) is -0.446. The van der Waals surface area contributed by atoms with Crippen molar-refractivity contribution in [3.8, 4) is 0 Å². The predicted octanol–water partition coefficient (Wildman–Crippen LogP) is 3.91. The van der Waals surface area contributed by atoms with Crippen molar-refractivity contribution in [1.29, 1.82) is 0 Å². The van der Waals surface area contributed by atoms with Gasteiger partial charge in [0.05, 0.1) is 10.3 Å². The van der Waals surface area contributed by atoms with Gasteiger partial charge in [-0.25, -0.2) is 4.79 Å². The number of hydrogen-bond acceptors (Lipinski definition) is 6. The van der Waals surface area contributed by atoms with Crippen molar-refractivity contribution in [3.05, 3.63) is 86.3 Å². The topological polar surface area (TPSA) is 93.2 Å². The zero-order chi connectivity index (χ0) is 20.4. The first-order chi connectivity index (χ1) is 14.0. The molecule has 0 unspecified atom stereocenters. The molecule has 0 atom stereocenters. The number of para-hydroxylation sites is 1. The molecule has 0 radical (unpaired) electrons. The zero-order valence-corrected chi connectivity index (χ0v) is 16.5. The number of rotatable bonds is 5. The third-order valence-corrected chi connectivity index (χ3v) is 6.34. The van der Waals surface area contributed by atoms with E-state index in [2.05, 4.69) is 5.32 Å². The van der Waals surface area contributed by atoms with Gasteiger partial charge in [-0.2, -0.15) is 0 Å². The Morgan fingerprint density at radius 1 is 1.17 bits per heavy atom. The number of thioether (sulfide) groups is 1. The van der Waals surface area contributed by atoms with Crippen LogP contribution in [0.5, 0.6) is 0 Å². The van der Waals surface area contributed by atoms with Crippen LogP contribution >= 0.6 is 23.1 Å². The highest BCUT2D eigenvalue weighted by molar-refractivity contribution is 8.05. The minimum absolute atomic E-state index is 0.0320. The van der Waals surface area contributed by atoms with E-state index in [1.165, 1.54) is 39.8 Å². The molecule has 0 spiro atoms.